The lowest BCUT2D eigenvalue weighted by atomic mass is 9.91. The van der Waals surface area contributed by atoms with Crippen LogP contribution in [0.15, 0.2) is 9.91 Å². The number of rotatable bonds is 6. The second-order valence-corrected chi connectivity index (χ2v) is 5.46. The van der Waals surface area contributed by atoms with Crippen molar-refractivity contribution in [2.75, 3.05) is 0 Å². The van der Waals surface area contributed by atoms with Crippen molar-refractivity contribution in [3.8, 4) is 0 Å². The van der Waals surface area contributed by atoms with Crippen molar-refractivity contribution in [1.29, 1.82) is 0 Å². The fourth-order valence-corrected chi connectivity index (χ4v) is 1.60. The first kappa shape index (κ1) is 25.4. The summed E-state index contributed by atoms with van der Waals surface area (Å²) in [5.41, 5.74) is 0. The van der Waals surface area contributed by atoms with Crippen LogP contribution in [0.3, 0.4) is 0 Å². The normalized spacial score (nSPS) is 16.9. The van der Waals surface area contributed by atoms with Crippen molar-refractivity contribution in [3.63, 3.8) is 0 Å². The highest BCUT2D eigenvalue weighted by Gasteiger charge is 2.93. The van der Waals surface area contributed by atoms with Gasteiger partial charge in [0.25, 0.3) is 0 Å². The van der Waals surface area contributed by atoms with Gasteiger partial charge in [-0.1, -0.05) is 0 Å². The minimum absolute atomic E-state index is 0.128. The molecular weight excluding hydrogens is 539 g/mol. The van der Waals surface area contributed by atoms with Crippen LogP contribution >= 0.6 is 22.6 Å². The maximum atomic E-state index is 13.0. The molecule has 0 N–H and O–H groups in total. The predicted molar refractivity (Wildman–Crippen MR) is 58.9 cm³/mol. The van der Waals surface area contributed by atoms with Gasteiger partial charge in [-0.15, -0.1) is 0 Å². The second-order valence-electron chi connectivity index (χ2n) is 4.43. The van der Waals surface area contributed by atoms with Gasteiger partial charge in [-0.25, -0.2) is 4.39 Å². The molecule has 0 aromatic heterocycles. The molecule has 0 radical (unpaired) electrons. The third kappa shape index (κ3) is 3.43. The Morgan fingerprint density at radius 2 is 0.769 bits per heavy atom. The Labute approximate surface area is 145 Å². The van der Waals surface area contributed by atoms with Crippen molar-refractivity contribution >= 4 is 22.6 Å². The maximum Gasteiger partial charge on any atom is 0.460 e. The number of halogens is 17. The van der Waals surface area contributed by atoms with Gasteiger partial charge in [0.1, 0.15) is 0 Å². The minimum Gasteiger partial charge on any atom is -0.200 e. The van der Waals surface area contributed by atoms with Crippen molar-refractivity contribution in [1.82, 2.24) is 0 Å². The minimum atomic E-state index is -8.36. The molecule has 0 rings (SSSR count). The number of allylic oxidation sites excluding steroid dienone is 1. The first-order chi connectivity index (χ1) is 10.9. The summed E-state index contributed by atoms with van der Waals surface area (Å²) < 4.78 is 199. The average molecular weight is 540 g/mol. The Balaban J connectivity index is 6.56. The van der Waals surface area contributed by atoms with Crippen molar-refractivity contribution in [2.45, 2.75) is 41.7 Å². The van der Waals surface area contributed by atoms with Gasteiger partial charge in [0.05, 0.1) is 0 Å². The Bertz CT molecular complexity index is 551. The van der Waals surface area contributed by atoms with Gasteiger partial charge < -0.3 is 0 Å². The molecule has 0 spiro atoms. The Morgan fingerprint density at radius 1 is 0.500 bits per heavy atom. The van der Waals surface area contributed by atoms with E-state index in [1.54, 1.807) is 0 Å². The van der Waals surface area contributed by atoms with E-state index in [1.807, 2.05) is 0 Å². The number of hydrogen-bond acceptors (Lipinski definition) is 0. The molecule has 0 aliphatic rings. The summed E-state index contributed by atoms with van der Waals surface area (Å²) in [5.74, 6) is -47.3. The Hall–Kier alpha value is -0.650. The van der Waals surface area contributed by atoms with E-state index in [9.17, 15) is 70.2 Å². The van der Waals surface area contributed by atoms with E-state index in [0.717, 1.165) is 0 Å². The van der Waals surface area contributed by atoms with Gasteiger partial charge in [0, 0.05) is 6.08 Å². The lowest BCUT2D eigenvalue weighted by Crippen LogP contribution is -2.72. The van der Waals surface area contributed by atoms with Crippen LogP contribution < -0.4 is 0 Å². The van der Waals surface area contributed by atoms with Crippen LogP contribution in [0.1, 0.15) is 0 Å². The smallest absolute Gasteiger partial charge is 0.200 e. The van der Waals surface area contributed by atoms with Crippen LogP contribution in [0, 0.1) is 0 Å². The fraction of sp³-hybridized carbons (Fsp3) is 0.778. The molecule has 0 heterocycles. The zero-order valence-electron chi connectivity index (χ0n) is 11.0. The largest absolute Gasteiger partial charge is 0.460 e. The molecule has 0 bridgehead atoms. The van der Waals surface area contributed by atoms with Crippen molar-refractivity contribution in [3.05, 3.63) is 9.91 Å². The van der Waals surface area contributed by atoms with Gasteiger partial charge in [0.15, 0.2) is 3.83 Å². The monoisotopic (exact) mass is 540 g/mol. The quantitative estimate of drug-likeness (QED) is 0.263. The van der Waals surface area contributed by atoms with Crippen LogP contribution in [0.4, 0.5) is 70.2 Å². The Morgan fingerprint density at radius 3 is 1.04 bits per heavy atom. The fourth-order valence-electron chi connectivity index (χ4n) is 1.21. The molecule has 0 aromatic carbocycles. The van der Waals surface area contributed by atoms with Gasteiger partial charge in [-0.05, 0) is 22.6 Å². The maximum absolute atomic E-state index is 13.0. The standard InChI is InChI=1S/C9HF16I/c10-2(26)1-3(11,12)4(13,14)5(15,16)6(17,18)7(19,20)8(21,22)9(23,24)25/h1H. The molecule has 0 aliphatic carbocycles. The lowest BCUT2D eigenvalue weighted by molar-refractivity contribution is -0.449. The molecule has 0 unspecified atom stereocenters. The molecule has 156 valence electrons. The molecular formula is C9HF16I. The summed E-state index contributed by atoms with van der Waals surface area (Å²) in [7, 11) is 0. The molecule has 0 fully saturated rings. The average Bonchev–Trinajstić information content (AvgIpc) is 2.34. The summed E-state index contributed by atoms with van der Waals surface area (Å²) in [4.78, 5) is 0. The van der Waals surface area contributed by atoms with E-state index < -0.39 is 51.6 Å². The lowest BCUT2D eigenvalue weighted by Gasteiger charge is -2.40. The molecule has 17 heteroatoms. The van der Waals surface area contributed by atoms with E-state index in [0.29, 0.717) is 0 Å². The second kappa shape index (κ2) is 6.46. The van der Waals surface area contributed by atoms with Gasteiger partial charge in [0.2, 0.25) is 0 Å². The van der Waals surface area contributed by atoms with E-state index in [4.69, 9.17) is 0 Å². The highest BCUT2D eigenvalue weighted by molar-refractivity contribution is 14.1. The third-order valence-corrected chi connectivity index (χ3v) is 2.95. The first-order valence-corrected chi connectivity index (χ1v) is 6.37. The van der Waals surface area contributed by atoms with Crippen molar-refractivity contribution in [2.24, 2.45) is 0 Å². The van der Waals surface area contributed by atoms with E-state index in [-0.39, 0.29) is 22.6 Å². The summed E-state index contributed by atoms with van der Waals surface area (Å²) in [6.07, 6.45) is -9.40. The molecule has 0 aliphatic heterocycles. The van der Waals surface area contributed by atoms with E-state index in [1.165, 1.54) is 0 Å². The summed E-state index contributed by atoms with van der Waals surface area (Å²) in [6, 6.07) is 0. The van der Waals surface area contributed by atoms with Gasteiger partial charge >= 0.3 is 41.7 Å². The van der Waals surface area contributed by atoms with Crippen LogP contribution in [0.2, 0.25) is 0 Å². The molecule has 0 saturated heterocycles. The summed E-state index contributed by atoms with van der Waals surface area (Å²) in [5, 5.41) is 0. The molecule has 0 atom stereocenters. The molecule has 26 heavy (non-hydrogen) atoms. The van der Waals surface area contributed by atoms with Gasteiger partial charge in [-0.3, -0.25) is 0 Å². The van der Waals surface area contributed by atoms with Crippen LogP contribution in [0.25, 0.3) is 0 Å². The topological polar surface area (TPSA) is 0 Å². The van der Waals surface area contributed by atoms with E-state index in [2.05, 4.69) is 0 Å². The van der Waals surface area contributed by atoms with Crippen LogP contribution in [-0.4, -0.2) is 41.7 Å². The van der Waals surface area contributed by atoms with Crippen LogP contribution in [0.5, 0.6) is 0 Å². The summed E-state index contributed by atoms with van der Waals surface area (Å²) >= 11 is 0.128. The zero-order valence-corrected chi connectivity index (χ0v) is 13.2. The predicted octanol–water partition coefficient (Wildman–Crippen LogP) is 6.61. The number of hydrogen-bond donors (Lipinski definition) is 0. The first-order valence-electron chi connectivity index (χ1n) is 5.29. The molecule has 0 aromatic rings. The number of alkyl halides is 15. The molecule has 0 saturated carbocycles. The highest BCUT2D eigenvalue weighted by atomic mass is 127. The molecule has 0 amide bonds. The van der Waals surface area contributed by atoms with Crippen molar-refractivity contribution < 1.29 is 70.2 Å². The third-order valence-electron chi connectivity index (χ3n) is 2.64. The van der Waals surface area contributed by atoms with Crippen LogP contribution in [-0.2, 0) is 0 Å². The SMILES string of the molecule is FC(I)=CC(F)(F)C(F)(F)C(F)(F)C(F)(F)C(F)(F)C(F)(F)C(F)(F)F. The molecule has 0 nitrogen and oxygen atoms in total. The zero-order chi connectivity index (χ0) is 21.8. The highest BCUT2D eigenvalue weighted by Crippen LogP contribution is 2.62. The van der Waals surface area contributed by atoms with E-state index >= 15 is 0 Å². The Kier molecular flexibility index (Phi) is 6.29. The summed E-state index contributed by atoms with van der Waals surface area (Å²) in [6.45, 7) is 0. The van der Waals surface area contributed by atoms with Gasteiger partial charge in [-0.2, -0.15) is 65.9 Å².